The molecule has 0 bridgehead atoms. The van der Waals surface area contributed by atoms with Crippen molar-refractivity contribution in [3.63, 3.8) is 0 Å². The van der Waals surface area contributed by atoms with Crippen molar-refractivity contribution in [2.24, 2.45) is 10.9 Å². The first-order valence-corrected chi connectivity index (χ1v) is 10.7. The molecule has 32 heavy (non-hydrogen) atoms. The van der Waals surface area contributed by atoms with Crippen LogP contribution in [0.1, 0.15) is 37.0 Å². The lowest BCUT2D eigenvalue weighted by molar-refractivity contribution is 0.0407. The van der Waals surface area contributed by atoms with Crippen LogP contribution >= 0.6 is 0 Å². The molecule has 3 aromatic carbocycles. The lowest BCUT2D eigenvalue weighted by atomic mass is 9.76. The van der Waals surface area contributed by atoms with E-state index in [-0.39, 0.29) is 11.7 Å². The fourth-order valence-electron chi connectivity index (χ4n) is 3.98. The van der Waals surface area contributed by atoms with Crippen molar-refractivity contribution in [1.29, 1.82) is 0 Å². The maximum Gasteiger partial charge on any atom is 0.144 e. The summed E-state index contributed by atoms with van der Waals surface area (Å²) in [7, 11) is 3.18. The van der Waals surface area contributed by atoms with E-state index in [1.54, 1.807) is 38.6 Å². The van der Waals surface area contributed by atoms with Gasteiger partial charge in [0.15, 0.2) is 0 Å². The number of aliphatic hydroxyl groups is 1. The number of methoxy groups -OCH3 is 2. The zero-order valence-electron chi connectivity index (χ0n) is 19.0. The number of phenolic OH excluding ortho intramolecular Hbond substituents is 1. The molecule has 0 fully saturated rings. The van der Waals surface area contributed by atoms with Crippen LogP contribution in [0.4, 0.5) is 0 Å². The summed E-state index contributed by atoms with van der Waals surface area (Å²) >= 11 is 0. The van der Waals surface area contributed by atoms with Gasteiger partial charge in [0.05, 0.1) is 20.3 Å². The van der Waals surface area contributed by atoms with E-state index >= 15 is 0 Å². The normalized spacial score (nSPS) is 12.8. The van der Waals surface area contributed by atoms with Crippen LogP contribution in [0.3, 0.4) is 0 Å². The van der Waals surface area contributed by atoms with Gasteiger partial charge in [0.1, 0.15) is 22.8 Å². The van der Waals surface area contributed by atoms with Gasteiger partial charge in [-0.15, -0.1) is 0 Å². The summed E-state index contributed by atoms with van der Waals surface area (Å²) in [5.74, 6) is 1.51. The van der Waals surface area contributed by atoms with Crippen LogP contribution < -0.4 is 9.47 Å². The second-order valence-electron chi connectivity index (χ2n) is 8.15. The van der Waals surface area contributed by atoms with Crippen LogP contribution in [0, 0.1) is 5.92 Å². The van der Waals surface area contributed by atoms with Crippen LogP contribution in [-0.4, -0.2) is 36.7 Å². The van der Waals surface area contributed by atoms with Gasteiger partial charge in [0.25, 0.3) is 0 Å². The van der Waals surface area contributed by atoms with Crippen molar-refractivity contribution in [3.8, 4) is 17.2 Å². The monoisotopic (exact) mass is 433 g/mol. The van der Waals surface area contributed by atoms with Crippen molar-refractivity contribution in [3.05, 3.63) is 89.5 Å². The van der Waals surface area contributed by atoms with Gasteiger partial charge < -0.3 is 19.7 Å². The SMILES string of the molecule is COc1ccccc1C(O)(c1ccccc1OC)C(CC(C)C)N=Cc1ccccc1O. The van der Waals surface area contributed by atoms with E-state index in [2.05, 4.69) is 13.8 Å². The number of aromatic hydroxyl groups is 1. The number of aliphatic imine (C=N–C) groups is 1. The van der Waals surface area contributed by atoms with E-state index in [1.807, 2.05) is 54.6 Å². The Kier molecular flexibility index (Phi) is 7.54. The molecule has 168 valence electrons. The number of benzene rings is 3. The Hall–Kier alpha value is -3.31. The average Bonchev–Trinajstić information content (AvgIpc) is 2.81. The van der Waals surface area contributed by atoms with E-state index < -0.39 is 11.6 Å². The third-order valence-corrected chi connectivity index (χ3v) is 5.54. The highest BCUT2D eigenvalue weighted by Gasteiger charge is 2.44. The number of rotatable bonds is 9. The van der Waals surface area contributed by atoms with Gasteiger partial charge in [-0.2, -0.15) is 0 Å². The smallest absolute Gasteiger partial charge is 0.144 e. The average molecular weight is 434 g/mol. The number of hydrogen-bond acceptors (Lipinski definition) is 5. The molecule has 0 saturated heterocycles. The molecule has 0 heterocycles. The minimum atomic E-state index is -1.54. The van der Waals surface area contributed by atoms with Gasteiger partial charge in [-0.3, -0.25) is 4.99 Å². The van der Waals surface area contributed by atoms with Crippen LogP contribution in [0.15, 0.2) is 77.8 Å². The van der Waals surface area contributed by atoms with Crippen molar-refractivity contribution in [1.82, 2.24) is 0 Å². The van der Waals surface area contributed by atoms with Gasteiger partial charge in [-0.25, -0.2) is 0 Å². The Labute approximate surface area is 190 Å². The lowest BCUT2D eigenvalue weighted by Crippen LogP contribution is -2.41. The molecule has 0 aliphatic rings. The third-order valence-electron chi connectivity index (χ3n) is 5.54. The van der Waals surface area contributed by atoms with Gasteiger partial charge in [-0.1, -0.05) is 62.4 Å². The summed E-state index contributed by atoms with van der Waals surface area (Å²) in [5.41, 5.74) is 0.257. The van der Waals surface area contributed by atoms with E-state index in [9.17, 15) is 10.2 Å². The summed E-state index contributed by atoms with van der Waals surface area (Å²) in [6.07, 6.45) is 2.22. The maximum absolute atomic E-state index is 12.5. The van der Waals surface area contributed by atoms with Gasteiger partial charge in [-0.05, 0) is 36.6 Å². The van der Waals surface area contributed by atoms with Crippen molar-refractivity contribution in [2.75, 3.05) is 14.2 Å². The Bertz CT molecular complexity index is 1010. The molecule has 1 unspecified atom stereocenters. The second-order valence-corrected chi connectivity index (χ2v) is 8.15. The number of para-hydroxylation sites is 3. The summed E-state index contributed by atoms with van der Waals surface area (Å²) in [6, 6.07) is 21.3. The quantitative estimate of drug-likeness (QED) is 0.456. The molecule has 0 radical (unpaired) electrons. The maximum atomic E-state index is 12.5. The van der Waals surface area contributed by atoms with Gasteiger partial charge in [0.2, 0.25) is 0 Å². The van der Waals surface area contributed by atoms with Crippen molar-refractivity contribution in [2.45, 2.75) is 31.9 Å². The first kappa shape index (κ1) is 23.4. The highest BCUT2D eigenvalue weighted by molar-refractivity contribution is 5.83. The molecule has 0 saturated carbocycles. The van der Waals surface area contributed by atoms with E-state index in [0.717, 1.165) is 0 Å². The Morgan fingerprint density at radius 2 is 1.34 bits per heavy atom. The van der Waals surface area contributed by atoms with Crippen molar-refractivity contribution < 1.29 is 19.7 Å². The molecular weight excluding hydrogens is 402 g/mol. The summed E-state index contributed by atoms with van der Waals surface area (Å²) in [5, 5.41) is 22.7. The van der Waals surface area contributed by atoms with Gasteiger partial charge in [0, 0.05) is 22.9 Å². The molecule has 0 amide bonds. The third kappa shape index (κ3) is 4.78. The Morgan fingerprint density at radius 1 is 0.844 bits per heavy atom. The summed E-state index contributed by atoms with van der Waals surface area (Å²) in [6.45, 7) is 4.18. The molecule has 5 heteroatoms. The fraction of sp³-hybridized carbons (Fsp3) is 0.296. The van der Waals surface area contributed by atoms with E-state index in [0.29, 0.717) is 34.6 Å². The van der Waals surface area contributed by atoms with Crippen LogP contribution in [0.25, 0.3) is 0 Å². The molecule has 2 N–H and O–H groups in total. The Balaban J connectivity index is 2.26. The topological polar surface area (TPSA) is 71.3 Å². The number of hydrogen-bond donors (Lipinski definition) is 2. The summed E-state index contributed by atoms with van der Waals surface area (Å²) in [4.78, 5) is 4.82. The lowest BCUT2D eigenvalue weighted by Gasteiger charge is -2.37. The molecule has 0 aliphatic heterocycles. The first-order valence-electron chi connectivity index (χ1n) is 10.7. The molecular formula is C27H31NO4. The van der Waals surface area contributed by atoms with E-state index in [1.165, 1.54) is 0 Å². The first-order chi connectivity index (χ1) is 15.4. The molecule has 3 aromatic rings. The summed E-state index contributed by atoms with van der Waals surface area (Å²) < 4.78 is 11.3. The number of ether oxygens (including phenoxy) is 2. The largest absolute Gasteiger partial charge is 0.507 e. The Morgan fingerprint density at radius 3 is 1.84 bits per heavy atom. The molecule has 1 atom stereocenters. The highest BCUT2D eigenvalue weighted by Crippen LogP contribution is 2.44. The van der Waals surface area contributed by atoms with Crippen molar-refractivity contribution >= 4 is 6.21 Å². The minimum absolute atomic E-state index is 0.137. The standard InChI is InChI=1S/C27H31NO4/c1-19(2)17-26(28-18-20-11-5-8-14-23(20)29)27(30,21-12-6-9-15-24(21)31-3)22-13-7-10-16-25(22)32-4/h5-16,18-19,26,29-30H,17H2,1-4H3. The van der Waals surface area contributed by atoms with Crippen LogP contribution in [0.5, 0.6) is 17.2 Å². The van der Waals surface area contributed by atoms with Crippen LogP contribution in [-0.2, 0) is 5.60 Å². The molecule has 0 aliphatic carbocycles. The molecule has 0 spiro atoms. The minimum Gasteiger partial charge on any atom is -0.507 e. The zero-order chi connectivity index (χ0) is 23.1. The molecule has 3 rings (SSSR count). The zero-order valence-corrected chi connectivity index (χ0v) is 19.0. The van der Waals surface area contributed by atoms with Crippen LogP contribution in [0.2, 0.25) is 0 Å². The molecule has 5 nitrogen and oxygen atoms in total. The number of phenols is 1. The fourth-order valence-corrected chi connectivity index (χ4v) is 3.98. The molecule has 0 aromatic heterocycles. The van der Waals surface area contributed by atoms with E-state index in [4.69, 9.17) is 14.5 Å². The predicted octanol–water partition coefficient (Wildman–Crippen LogP) is 5.18. The predicted molar refractivity (Wildman–Crippen MR) is 128 cm³/mol. The second kappa shape index (κ2) is 10.3. The number of nitrogens with zero attached hydrogens (tertiary/aromatic N) is 1. The highest BCUT2D eigenvalue weighted by atomic mass is 16.5. The van der Waals surface area contributed by atoms with Gasteiger partial charge >= 0.3 is 0 Å².